The number of hydrogen-bond acceptors (Lipinski definition) is 8. The van der Waals surface area contributed by atoms with E-state index in [9.17, 15) is 4.79 Å². The van der Waals surface area contributed by atoms with Crippen LogP contribution >= 0.6 is 11.8 Å². The van der Waals surface area contributed by atoms with E-state index >= 15 is 0 Å². The van der Waals surface area contributed by atoms with E-state index in [4.69, 9.17) is 14.2 Å². The van der Waals surface area contributed by atoms with Crippen LogP contribution in [0.4, 0.5) is 5.69 Å². The number of hydrazone groups is 1. The molecule has 1 aliphatic carbocycles. The zero-order chi connectivity index (χ0) is 19.7. The SMILES string of the molecule is CO/C=C(\C(=O)OC)C1=C(C)N2N=CN(c3ccc(OCC4CC4)cc3)C2S1. The number of esters is 1. The number of carbonyl (C=O) groups is 1. The molecule has 0 spiro atoms. The van der Waals surface area contributed by atoms with Crippen molar-refractivity contribution < 1.29 is 19.0 Å². The van der Waals surface area contributed by atoms with E-state index in [-0.39, 0.29) is 5.50 Å². The summed E-state index contributed by atoms with van der Waals surface area (Å²) in [4.78, 5) is 15.0. The van der Waals surface area contributed by atoms with Gasteiger partial charge in [-0.15, -0.1) is 0 Å². The van der Waals surface area contributed by atoms with Gasteiger partial charge in [-0.3, -0.25) is 4.90 Å². The van der Waals surface area contributed by atoms with Crippen molar-refractivity contribution in [1.82, 2.24) is 5.01 Å². The van der Waals surface area contributed by atoms with Crippen molar-refractivity contribution in [2.24, 2.45) is 11.0 Å². The first-order chi connectivity index (χ1) is 13.6. The second kappa shape index (κ2) is 7.79. The third kappa shape index (κ3) is 3.56. The van der Waals surface area contributed by atoms with Crippen LogP contribution in [0, 0.1) is 5.92 Å². The van der Waals surface area contributed by atoms with Gasteiger partial charge in [0.25, 0.3) is 0 Å². The van der Waals surface area contributed by atoms with Crippen molar-refractivity contribution in [2.75, 3.05) is 25.7 Å². The van der Waals surface area contributed by atoms with Gasteiger partial charge in [0.05, 0.1) is 32.8 Å². The summed E-state index contributed by atoms with van der Waals surface area (Å²) < 4.78 is 15.8. The van der Waals surface area contributed by atoms with Crippen LogP contribution in [-0.4, -0.2) is 43.6 Å². The van der Waals surface area contributed by atoms with Crippen LogP contribution in [0.15, 0.2) is 51.8 Å². The third-order valence-electron chi connectivity index (χ3n) is 4.85. The lowest BCUT2D eigenvalue weighted by Gasteiger charge is -2.24. The van der Waals surface area contributed by atoms with E-state index in [0.717, 1.165) is 34.6 Å². The highest BCUT2D eigenvalue weighted by Gasteiger charge is 2.41. The molecular weight excluding hydrogens is 378 g/mol. The molecule has 0 bridgehead atoms. The number of thioether (sulfide) groups is 1. The van der Waals surface area contributed by atoms with E-state index in [2.05, 4.69) is 10.0 Å². The molecule has 1 fully saturated rings. The van der Waals surface area contributed by atoms with Gasteiger partial charge in [0, 0.05) is 10.6 Å². The van der Waals surface area contributed by atoms with Crippen LogP contribution in [0.25, 0.3) is 0 Å². The van der Waals surface area contributed by atoms with Gasteiger partial charge in [-0.25, -0.2) is 9.80 Å². The summed E-state index contributed by atoms with van der Waals surface area (Å²) in [6.07, 6.45) is 5.77. The Labute approximate surface area is 168 Å². The molecule has 4 rings (SSSR count). The number of ether oxygens (including phenoxy) is 3. The van der Waals surface area contributed by atoms with Crippen LogP contribution in [0.1, 0.15) is 19.8 Å². The molecule has 1 aromatic carbocycles. The second-order valence-electron chi connectivity index (χ2n) is 6.85. The zero-order valence-corrected chi connectivity index (χ0v) is 16.9. The summed E-state index contributed by atoms with van der Waals surface area (Å²) in [6.45, 7) is 2.73. The maximum absolute atomic E-state index is 12.2. The van der Waals surface area contributed by atoms with E-state index < -0.39 is 5.97 Å². The number of benzene rings is 1. The van der Waals surface area contributed by atoms with Gasteiger partial charge in [0.15, 0.2) is 5.50 Å². The summed E-state index contributed by atoms with van der Waals surface area (Å²) in [5, 5.41) is 6.40. The number of nitrogens with zero attached hydrogens (tertiary/aromatic N) is 3. The standard InChI is InChI=1S/C20H23N3O4S/c1-13-18(17(11-25-2)19(24)26-3)28-20-22(12-21-23(13)20)15-6-8-16(9-7-15)27-10-14-4-5-14/h6-9,11-12,14,20H,4-5,10H2,1-3H3/b17-11-. The predicted molar refractivity (Wildman–Crippen MR) is 109 cm³/mol. The number of hydrogen-bond donors (Lipinski definition) is 0. The third-order valence-corrected chi connectivity index (χ3v) is 6.23. The van der Waals surface area contributed by atoms with Crippen LogP contribution in [-0.2, 0) is 14.3 Å². The average Bonchev–Trinajstić information content (AvgIpc) is 3.37. The van der Waals surface area contributed by atoms with Crippen LogP contribution in [0.5, 0.6) is 5.75 Å². The van der Waals surface area contributed by atoms with Gasteiger partial charge in [0.2, 0.25) is 0 Å². The summed E-state index contributed by atoms with van der Waals surface area (Å²) in [5.74, 6) is 1.18. The molecule has 0 radical (unpaired) electrons. The van der Waals surface area contributed by atoms with Crippen LogP contribution in [0.2, 0.25) is 0 Å². The Balaban J connectivity index is 1.49. The van der Waals surface area contributed by atoms with Gasteiger partial charge in [0.1, 0.15) is 17.7 Å². The van der Waals surface area contributed by atoms with Crippen molar-refractivity contribution in [1.29, 1.82) is 0 Å². The van der Waals surface area contributed by atoms with Crippen LogP contribution < -0.4 is 9.64 Å². The Bertz CT molecular complexity index is 846. The lowest BCUT2D eigenvalue weighted by molar-refractivity contribution is -0.135. The lowest BCUT2D eigenvalue weighted by Crippen LogP contribution is -2.33. The highest BCUT2D eigenvalue weighted by molar-refractivity contribution is 8.04. The molecule has 0 saturated heterocycles. The fourth-order valence-corrected chi connectivity index (χ4v) is 4.42. The quantitative estimate of drug-likeness (QED) is 0.394. The Hall–Kier alpha value is -2.61. The minimum absolute atomic E-state index is 0.0989. The van der Waals surface area contributed by atoms with Crippen LogP contribution in [0.3, 0.4) is 0 Å². The van der Waals surface area contributed by atoms with Crippen molar-refractivity contribution >= 4 is 29.8 Å². The molecule has 1 unspecified atom stereocenters. The lowest BCUT2D eigenvalue weighted by atomic mass is 10.2. The van der Waals surface area contributed by atoms with E-state index in [0.29, 0.717) is 5.57 Å². The van der Waals surface area contributed by atoms with Gasteiger partial charge in [-0.1, -0.05) is 11.8 Å². The number of methoxy groups -OCH3 is 2. The number of fused-ring (bicyclic) bond motifs is 1. The monoisotopic (exact) mass is 401 g/mol. The number of carbonyl (C=O) groups excluding carboxylic acids is 1. The first-order valence-electron chi connectivity index (χ1n) is 9.16. The first kappa shape index (κ1) is 18.7. The Kier molecular flexibility index (Phi) is 5.21. The van der Waals surface area contributed by atoms with E-state index in [1.807, 2.05) is 36.2 Å². The fraction of sp³-hybridized carbons (Fsp3) is 0.400. The Morgan fingerprint density at radius 3 is 2.68 bits per heavy atom. The maximum Gasteiger partial charge on any atom is 0.342 e. The summed E-state index contributed by atoms with van der Waals surface area (Å²) in [7, 11) is 2.87. The largest absolute Gasteiger partial charge is 0.503 e. The first-order valence-corrected chi connectivity index (χ1v) is 10.0. The minimum atomic E-state index is -0.433. The van der Waals surface area contributed by atoms with Gasteiger partial charge >= 0.3 is 5.97 Å². The fourth-order valence-electron chi connectivity index (χ4n) is 3.08. The molecule has 148 valence electrons. The normalized spacial score (nSPS) is 21.2. The Morgan fingerprint density at radius 1 is 1.29 bits per heavy atom. The molecule has 2 heterocycles. The summed E-state index contributed by atoms with van der Waals surface area (Å²) in [6, 6.07) is 8.02. The summed E-state index contributed by atoms with van der Waals surface area (Å²) >= 11 is 1.54. The molecule has 8 heteroatoms. The second-order valence-corrected chi connectivity index (χ2v) is 7.91. The molecule has 28 heavy (non-hydrogen) atoms. The Morgan fingerprint density at radius 2 is 2.04 bits per heavy atom. The highest BCUT2D eigenvalue weighted by atomic mass is 32.2. The smallest absolute Gasteiger partial charge is 0.342 e. The van der Waals surface area contributed by atoms with Crippen molar-refractivity contribution in [3.63, 3.8) is 0 Å². The minimum Gasteiger partial charge on any atom is -0.503 e. The van der Waals surface area contributed by atoms with Gasteiger partial charge in [-0.05, 0) is 49.9 Å². The highest BCUT2D eigenvalue weighted by Crippen LogP contribution is 2.46. The van der Waals surface area contributed by atoms with E-state index in [1.165, 1.54) is 45.1 Å². The molecular formula is C20H23N3O4S. The maximum atomic E-state index is 12.2. The van der Waals surface area contributed by atoms with Crippen molar-refractivity contribution in [2.45, 2.75) is 25.3 Å². The van der Waals surface area contributed by atoms with Crippen molar-refractivity contribution in [3.05, 3.63) is 46.7 Å². The molecule has 0 amide bonds. The molecule has 1 saturated carbocycles. The predicted octanol–water partition coefficient (Wildman–Crippen LogP) is 3.51. The molecule has 1 atom stereocenters. The number of rotatable bonds is 7. The number of anilines is 1. The topological polar surface area (TPSA) is 63.6 Å². The molecule has 2 aliphatic heterocycles. The zero-order valence-electron chi connectivity index (χ0n) is 16.1. The molecule has 7 nitrogen and oxygen atoms in total. The molecule has 0 N–H and O–H groups in total. The van der Waals surface area contributed by atoms with Gasteiger partial charge in [-0.2, -0.15) is 5.10 Å². The molecule has 1 aromatic rings. The van der Waals surface area contributed by atoms with E-state index in [1.54, 1.807) is 6.34 Å². The van der Waals surface area contributed by atoms with Crippen molar-refractivity contribution in [3.8, 4) is 5.75 Å². The van der Waals surface area contributed by atoms with Gasteiger partial charge < -0.3 is 14.2 Å². The summed E-state index contributed by atoms with van der Waals surface area (Å²) in [5.41, 5.74) is 2.18. The molecule has 0 aromatic heterocycles. The average molecular weight is 401 g/mol. The number of allylic oxidation sites excluding steroid dienone is 1. The molecule has 3 aliphatic rings.